The third kappa shape index (κ3) is 1.92. The summed E-state index contributed by atoms with van der Waals surface area (Å²) in [5.41, 5.74) is -0.104. The summed E-state index contributed by atoms with van der Waals surface area (Å²) < 4.78 is 39.7. The van der Waals surface area contributed by atoms with Crippen molar-refractivity contribution in [3.05, 3.63) is 70.5 Å². The first-order valence-electron chi connectivity index (χ1n) is 5.97. The number of rotatable bonds is 1. The van der Waals surface area contributed by atoms with E-state index in [-0.39, 0.29) is 17.8 Å². The van der Waals surface area contributed by atoms with Crippen molar-refractivity contribution in [3.63, 3.8) is 0 Å². The van der Waals surface area contributed by atoms with Crippen molar-refractivity contribution in [1.82, 2.24) is 0 Å². The molecule has 0 saturated carbocycles. The lowest BCUT2D eigenvalue weighted by atomic mass is 9.88. The summed E-state index contributed by atoms with van der Waals surface area (Å²) in [6, 6.07) is 7.05. The van der Waals surface area contributed by atoms with E-state index in [4.69, 9.17) is 0 Å². The minimum absolute atomic E-state index is 0.162. The van der Waals surface area contributed by atoms with Gasteiger partial charge >= 0.3 is 0 Å². The van der Waals surface area contributed by atoms with Crippen LogP contribution >= 0.6 is 0 Å². The monoisotopic (exact) mass is 264 g/mol. The van der Waals surface area contributed by atoms with Gasteiger partial charge in [0.15, 0.2) is 0 Å². The largest absolute Gasteiger partial charge is 0.380 e. The number of aliphatic hydroxyl groups is 1. The summed E-state index contributed by atoms with van der Waals surface area (Å²) in [5, 5.41) is 10.7. The molecule has 1 unspecified atom stereocenters. The summed E-state index contributed by atoms with van der Waals surface area (Å²) in [5.74, 6) is -1.86. The van der Waals surface area contributed by atoms with Crippen LogP contribution in [0.25, 0.3) is 0 Å². The van der Waals surface area contributed by atoms with Crippen molar-refractivity contribution >= 4 is 0 Å². The Morgan fingerprint density at radius 1 is 0.895 bits per heavy atom. The Morgan fingerprint density at radius 2 is 1.58 bits per heavy atom. The molecule has 1 aliphatic carbocycles. The molecule has 0 aromatic heterocycles. The molecule has 1 aliphatic rings. The van der Waals surface area contributed by atoms with Crippen molar-refractivity contribution < 1.29 is 18.3 Å². The van der Waals surface area contributed by atoms with E-state index in [1.165, 1.54) is 18.2 Å². The Balaban J connectivity index is 2.16. The molecule has 1 N–H and O–H groups in total. The van der Waals surface area contributed by atoms with E-state index in [0.29, 0.717) is 17.5 Å². The fourth-order valence-electron chi connectivity index (χ4n) is 2.72. The van der Waals surface area contributed by atoms with E-state index in [1.54, 1.807) is 0 Å². The van der Waals surface area contributed by atoms with E-state index in [0.717, 1.165) is 18.2 Å². The lowest BCUT2D eigenvalue weighted by molar-refractivity contribution is 0.0822. The molecule has 2 aromatic rings. The lowest BCUT2D eigenvalue weighted by Crippen LogP contribution is -2.24. The third-order valence-corrected chi connectivity index (χ3v) is 3.61. The second-order valence-corrected chi connectivity index (χ2v) is 4.82. The molecule has 0 radical (unpaired) electrons. The normalized spacial score (nSPS) is 21.5. The number of benzene rings is 2. The van der Waals surface area contributed by atoms with Crippen molar-refractivity contribution in [3.8, 4) is 0 Å². The van der Waals surface area contributed by atoms with Gasteiger partial charge in [0, 0.05) is 6.07 Å². The molecule has 1 atom stereocenters. The van der Waals surface area contributed by atoms with Gasteiger partial charge in [-0.15, -0.1) is 0 Å². The first-order chi connectivity index (χ1) is 8.99. The van der Waals surface area contributed by atoms with Crippen LogP contribution in [0.3, 0.4) is 0 Å². The van der Waals surface area contributed by atoms with Gasteiger partial charge in [-0.05, 0) is 53.8 Å². The fourth-order valence-corrected chi connectivity index (χ4v) is 2.72. The molecule has 0 bridgehead atoms. The van der Waals surface area contributed by atoms with Gasteiger partial charge in [-0.2, -0.15) is 0 Å². The molecule has 0 amide bonds. The van der Waals surface area contributed by atoms with Crippen LogP contribution in [-0.2, 0) is 12.0 Å². The second-order valence-electron chi connectivity index (χ2n) is 4.82. The molecule has 3 rings (SSSR count). The van der Waals surface area contributed by atoms with Crippen LogP contribution in [0.4, 0.5) is 13.2 Å². The molecular formula is C15H11F3O. The van der Waals surface area contributed by atoms with Crippen LogP contribution in [0.5, 0.6) is 0 Å². The number of fused-ring (bicyclic) bond motifs is 1. The van der Waals surface area contributed by atoms with Crippen molar-refractivity contribution in [2.45, 2.75) is 18.4 Å². The Morgan fingerprint density at radius 3 is 2.26 bits per heavy atom. The Bertz CT molecular complexity index is 634. The Hall–Kier alpha value is -1.81. The highest BCUT2D eigenvalue weighted by Crippen LogP contribution is 2.42. The van der Waals surface area contributed by atoms with Crippen molar-refractivity contribution in [2.75, 3.05) is 0 Å². The van der Waals surface area contributed by atoms with Gasteiger partial charge in [0.2, 0.25) is 0 Å². The average molecular weight is 264 g/mol. The smallest absolute Gasteiger partial charge is 0.126 e. The van der Waals surface area contributed by atoms with Crippen molar-refractivity contribution in [1.29, 1.82) is 0 Å². The molecular weight excluding hydrogens is 253 g/mol. The van der Waals surface area contributed by atoms with E-state index in [1.807, 2.05) is 0 Å². The topological polar surface area (TPSA) is 20.2 Å². The van der Waals surface area contributed by atoms with Crippen LogP contribution in [0.15, 0.2) is 36.4 Å². The molecule has 19 heavy (non-hydrogen) atoms. The quantitative estimate of drug-likeness (QED) is 0.838. The highest BCUT2D eigenvalue weighted by molar-refractivity contribution is 5.45. The molecule has 0 heterocycles. The maximum Gasteiger partial charge on any atom is 0.126 e. The van der Waals surface area contributed by atoms with Crippen molar-refractivity contribution in [2.24, 2.45) is 0 Å². The number of aryl methyl sites for hydroxylation is 1. The van der Waals surface area contributed by atoms with E-state index >= 15 is 0 Å². The van der Waals surface area contributed by atoms with Gasteiger partial charge in [-0.3, -0.25) is 0 Å². The SMILES string of the molecule is OC1(c2cc(F)cc(F)c2)CCc2cc(F)ccc21. The maximum absolute atomic E-state index is 13.3. The number of hydrogen-bond donors (Lipinski definition) is 1. The summed E-state index contributed by atoms with van der Waals surface area (Å²) in [6.07, 6.45) is 0.760. The average Bonchev–Trinajstić information content (AvgIpc) is 2.66. The van der Waals surface area contributed by atoms with Gasteiger partial charge in [0.1, 0.15) is 23.1 Å². The van der Waals surface area contributed by atoms with Crippen LogP contribution in [-0.4, -0.2) is 5.11 Å². The predicted molar refractivity (Wildman–Crippen MR) is 64.1 cm³/mol. The summed E-state index contributed by atoms with van der Waals surface area (Å²) >= 11 is 0. The zero-order valence-electron chi connectivity index (χ0n) is 9.96. The van der Waals surface area contributed by atoms with Gasteiger partial charge < -0.3 is 5.11 Å². The maximum atomic E-state index is 13.3. The zero-order valence-corrected chi connectivity index (χ0v) is 9.96. The standard InChI is InChI=1S/C15H11F3O/c16-11-1-2-14-9(5-11)3-4-15(14,19)10-6-12(17)8-13(18)7-10/h1-2,5-8,19H,3-4H2. The molecule has 0 fully saturated rings. The second kappa shape index (κ2) is 4.10. The minimum Gasteiger partial charge on any atom is -0.380 e. The van der Waals surface area contributed by atoms with Crippen LogP contribution < -0.4 is 0 Å². The van der Waals surface area contributed by atoms with Crippen LogP contribution in [0.1, 0.15) is 23.1 Å². The van der Waals surface area contributed by atoms with Gasteiger partial charge in [-0.25, -0.2) is 13.2 Å². The van der Waals surface area contributed by atoms with Crippen LogP contribution in [0, 0.1) is 17.5 Å². The molecule has 2 aromatic carbocycles. The predicted octanol–water partition coefficient (Wildman–Crippen LogP) is 3.29. The summed E-state index contributed by atoms with van der Waals surface area (Å²) in [4.78, 5) is 0. The molecule has 98 valence electrons. The number of halogens is 3. The molecule has 4 heteroatoms. The van der Waals surface area contributed by atoms with E-state index < -0.39 is 17.2 Å². The minimum atomic E-state index is -1.45. The molecule has 0 saturated heterocycles. The van der Waals surface area contributed by atoms with Gasteiger partial charge in [0.05, 0.1) is 0 Å². The van der Waals surface area contributed by atoms with Gasteiger partial charge in [0.25, 0.3) is 0 Å². The van der Waals surface area contributed by atoms with Gasteiger partial charge in [-0.1, -0.05) is 6.07 Å². The Labute approximate surface area is 108 Å². The molecule has 0 spiro atoms. The molecule has 0 aliphatic heterocycles. The molecule has 1 nitrogen and oxygen atoms in total. The zero-order chi connectivity index (χ0) is 13.6. The third-order valence-electron chi connectivity index (χ3n) is 3.61. The first kappa shape index (κ1) is 12.2. The highest BCUT2D eigenvalue weighted by atomic mass is 19.1. The van der Waals surface area contributed by atoms with E-state index in [9.17, 15) is 18.3 Å². The summed E-state index contributed by atoms with van der Waals surface area (Å²) in [6.45, 7) is 0. The number of hydrogen-bond acceptors (Lipinski definition) is 1. The Kier molecular flexibility index (Phi) is 2.64. The van der Waals surface area contributed by atoms with Crippen LogP contribution in [0.2, 0.25) is 0 Å². The van der Waals surface area contributed by atoms with E-state index in [2.05, 4.69) is 0 Å². The fraction of sp³-hybridized carbons (Fsp3) is 0.200. The summed E-state index contributed by atoms with van der Waals surface area (Å²) in [7, 11) is 0. The first-order valence-corrected chi connectivity index (χ1v) is 5.97. The lowest BCUT2D eigenvalue weighted by Gasteiger charge is -2.24. The highest BCUT2D eigenvalue weighted by Gasteiger charge is 2.39.